The first-order valence-electron chi connectivity index (χ1n) is 9.31. The molecule has 0 bridgehead atoms. The molecule has 0 saturated carbocycles. The second-order valence-corrected chi connectivity index (χ2v) is 6.65. The summed E-state index contributed by atoms with van der Waals surface area (Å²) in [7, 11) is 0. The number of nitrogens with zero attached hydrogens (tertiary/aromatic N) is 5. The van der Waals surface area contributed by atoms with Crippen molar-refractivity contribution in [3.8, 4) is 5.69 Å². The molecule has 138 valence electrons. The van der Waals surface area contributed by atoms with Gasteiger partial charge in [-0.25, -0.2) is 14.6 Å². The molecule has 2 aromatic heterocycles. The Labute approximate surface area is 157 Å². The van der Waals surface area contributed by atoms with Crippen molar-refractivity contribution < 1.29 is 9.47 Å². The van der Waals surface area contributed by atoms with Crippen molar-refractivity contribution >= 4 is 22.4 Å². The van der Waals surface area contributed by atoms with Gasteiger partial charge in [-0.2, -0.15) is 5.10 Å². The minimum atomic E-state index is 0.613. The van der Waals surface area contributed by atoms with Gasteiger partial charge in [-0.1, -0.05) is 24.3 Å². The molecule has 0 unspecified atom stereocenters. The number of aromatic nitrogens is 4. The van der Waals surface area contributed by atoms with Crippen molar-refractivity contribution in [1.29, 1.82) is 0 Å². The molecule has 7 heteroatoms. The Bertz CT molecular complexity index is 977. The molecule has 1 saturated heterocycles. The van der Waals surface area contributed by atoms with E-state index in [4.69, 9.17) is 19.4 Å². The molecule has 0 N–H and O–H groups in total. The number of morpholine rings is 1. The summed E-state index contributed by atoms with van der Waals surface area (Å²) in [5.41, 5.74) is 2.96. The van der Waals surface area contributed by atoms with E-state index in [-0.39, 0.29) is 0 Å². The molecule has 0 spiro atoms. The van der Waals surface area contributed by atoms with Gasteiger partial charge in [0.15, 0.2) is 11.5 Å². The zero-order valence-corrected chi connectivity index (χ0v) is 15.0. The lowest BCUT2D eigenvalue weighted by Crippen LogP contribution is -2.37. The third-order valence-electron chi connectivity index (χ3n) is 4.97. The first-order valence-corrected chi connectivity index (χ1v) is 9.31. The average Bonchev–Trinajstić information content (AvgIpc) is 3.19. The lowest BCUT2D eigenvalue weighted by Gasteiger charge is -2.28. The van der Waals surface area contributed by atoms with Crippen LogP contribution in [0.4, 0.5) is 5.82 Å². The van der Waals surface area contributed by atoms with Crippen LogP contribution in [0.25, 0.3) is 22.3 Å². The number of ether oxygens (including phenoxy) is 2. The lowest BCUT2D eigenvalue weighted by molar-refractivity contribution is 0.122. The van der Waals surface area contributed by atoms with Crippen LogP contribution in [0.15, 0.2) is 42.6 Å². The minimum absolute atomic E-state index is 0.613. The first kappa shape index (κ1) is 16.4. The number of anilines is 1. The summed E-state index contributed by atoms with van der Waals surface area (Å²) in [6, 6.07) is 10.1. The van der Waals surface area contributed by atoms with E-state index in [0.717, 1.165) is 53.4 Å². The van der Waals surface area contributed by atoms with E-state index in [2.05, 4.69) is 16.1 Å². The predicted octanol–water partition coefficient (Wildman–Crippen LogP) is 2.46. The maximum atomic E-state index is 5.52. The fraction of sp³-hybridized carbons (Fsp3) is 0.350. The molecular weight excluding hydrogens is 342 g/mol. The zero-order valence-electron chi connectivity index (χ0n) is 15.0. The molecule has 5 rings (SSSR count). The Morgan fingerprint density at radius 1 is 0.926 bits per heavy atom. The second kappa shape index (κ2) is 7.09. The molecule has 0 radical (unpaired) electrons. The Balaban J connectivity index is 1.69. The molecule has 27 heavy (non-hydrogen) atoms. The van der Waals surface area contributed by atoms with E-state index in [0.29, 0.717) is 26.4 Å². The molecule has 7 nitrogen and oxygen atoms in total. The summed E-state index contributed by atoms with van der Waals surface area (Å²) in [4.78, 5) is 12.1. The van der Waals surface area contributed by atoms with E-state index >= 15 is 0 Å². The monoisotopic (exact) mass is 363 g/mol. The van der Waals surface area contributed by atoms with Crippen molar-refractivity contribution in [2.75, 3.05) is 44.4 Å². The van der Waals surface area contributed by atoms with E-state index in [1.807, 2.05) is 41.2 Å². The maximum Gasteiger partial charge on any atom is 0.169 e. The first-order chi connectivity index (χ1) is 13.4. The SMILES string of the molecule is C1=C(c2nc(N3CCOCC3)c3cnn(-c4ccccc4)c3n2)CCOC1. The Morgan fingerprint density at radius 2 is 1.78 bits per heavy atom. The molecule has 1 fully saturated rings. The third-order valence-corrected chi connectivity index (χ3v) is 4.97. The van der Waals surface area contributed by atoms with Gasteiger partial charge in [0.05, 0.1) is 43.7 Å². The Hall–Kier alpha value is -2.77. The van der Waals surface area contributed by atoms with Gasteiger partial charge in [-0.15, -0.1) is 0 Å². The third kappa shape index (κ3) is 3.09. The number of hydrogen-bond acceptors (Lipinski definition) is 6. The van der Waals surface area contributed by atoms with E-state index in [1.165, 1.54) is 0 Å². The Morgan fingerprint density at radius 3 is 2.56 bits per heavy atom. The highest BCUT2D eigenvalue weighted by Gasteiger charge is 2.22. The number of para-hydroxylation sites is 1. The van der Waals surface area contributed by atoms with Gasteiger partial charge in [0.2, 0.25) is 0 Å². The van der Waals surface area contributed by atoms with Crippen molar-refractivity contribution in [2.45, 2.75) is 6.42 Å². The van der Waals surface area contributed by atoms with Gasteiger partial charge >= 0.3 is 0 Å². The maximum absolute atomic E-state index is 5.52. The summed E-state index contributed by atoms with van der Waals surface area (Å²) < 4.78 is 12.9. The van der Waals surface area contributed by atoms with E-state index in [1.54, 1.807) is 0 Å². The van der Waals surface area contributed by atoms with Crippen LogP contribution in [0.2, 0.25) is 0 Å². The second-order valence-electron chi connectivity index (χ2n) is 6.65. The van der Waals surface area contributed by atoms with Gasteiger partial charge in [-0.3, -0.25) is 0 Å². The topological polar surface area (TPSA) is 65.3 Å². The van der Waals surface area contributed by atoms with Crippen LogP contribution in [0.5, 0.6) is 0 Å². The normalized spacial score (nSPS) is 17.9. The van der Waals surface area contributed by atoms with Gasteiger partial charge in [-0.05, 0) is 24.1 Å². The van der Waals surface area contributed by atoms with Gasteiger partial charge in [0.25, 0.3) is 0 Å². The minimum Gasteiger partial charge on any atom is -0.378 e. The van der Waals surface area contributed by atoms with Crippen molar-refractivity contribution in [3.63, 3.8) is 0 Å². The lowest BCUT2D eigenvalue weighted by atomic mass is 10.1. The van der Waals surface area contributed by atoms with Gasteiger partial charge in [0.1, 0.15) is 5.82 Å². The zero-order chi connectivity index (χ0) is 18.1. The number of rotatable bonds is 3. The molecule has 3 aromatic rings. The predicted molar refractivity (Wildman–Crippen MR) is 103 cm³/mol. The van der Waals surface area contributed by atoms with Crippen LogP contribution >= 0.6 is 0 Å². The fourth-order valence-corrected chi connectivity index (χ4v) is 3.54. The summed E-state index contributed by atoms with van der Waals surface area (Å²) in [6.07, 6.45) is 4.78. The molecule has 2 aliphatic heterocycles. The van der Waals surface area contributed by atoms with Crippen LogP contribution < -0.4 is 4.90 Å². The molecule has 2 aliphatic rings. The van der Waals surface area contributed by atoms with Gasteiger partial charge in [0, 0.05) is 13.1 Å². The van der Waals surface area contributed by atoms with Crippen LogP contribution in [-0.4, -0.2) is 59.3 Å². The van der Waals surface area contributed by atoms with Gasteiger partial charge < -0.3 is 14.4 Å². The van der Waals surface area contributed by atoms with Crippen LogP contribution in [0.1, 0.15) is 12.2 Å². The summed E-state index contributed by atoms with van der Waals surface area (Å²) >= 11 is 0. The number of benzene rings is 1. The standard InChI is InChI=1S/C20H21N5O2/c1-2-4-16(5-3-1)25-20-17(14-21-25)19(24-8-12-27-13-9-24)22-18(23-20)15-6-10-26-11-7-15/h1-6,14H,7-13H2. The molecule has 4 heterocycles. The number of hydrogen-bond donors (Lipinski definition) is 0. The highest BCUT2D eigenvalue weighted by molar-refractivity contribution is 5.89. The number of fused-ring (bicyclic) bond motifs is 1. The Kier molecular flexibility index (Phi) is 4.31. The highest BCUT2D eigenvalue weighted by atomic mass is 16.5. The molecule has 0 amide bonds. The van der Waals surface area contributed by atoms with E-state index < -0.39 is 0 Å². The highest BCUT2D eigenvalue weighted by Crippen LogP contribution is 2.29. The quantitative estimate of drug-likeness (QED) is 0.712. The average molecular weight is 363 g/mol. The van der Waals surface area contributed by atoms with Crippen molar-refractivity contribution in [3.05, 3.63) is 48.4 Å². The fourth-order valence-electron chi connectivity index (χ4n) is 3.54. The molecule has 0 atom stereocenters. The molecule has 0 aliphatic carbocycles. The van der Waals surface area contributed by atoms with Crippen molar-refractivity contribution in [2.24, 2.45) is 0 Å². The van der Waals surface area contributed by atoms with E-state index in [9.17, 15) is 0 Å². The summed E-state index contributed by atoms with van der Waals surface area (Å²) in [6.45, 7) is 4.39. The summed E-state index contributed by atoms with van der Waals surface area (Å²) in [5, 5.41) is 5.59. The summed E-state index contributed by atoms with van der Waals surface area (Å²) in [5.74, 6) is 1.71. The van der Waals surface area contributed by atoms with Crippen LogP contribution in [0, 0.1) is 0 Å². The van der Waals surface area contributed by atoms with Crippen LogP contribution in [-0.2, 0) is 9.47 Å². The van der Waals surface area contributed by atoms with Crippen molar-refractivity contribution in [1.82, 2.24) is 19.7 Å². The molecule has 1 aromatic carbocycles. The molecular formula is C20H21N5O2. The van der Waals surface area contributed by atoms with Crippen LogP contribution in [0.3, 0.4) is 0 Å². The smallest absolute Gasteiger partial charge is 0.169 e. The largest absolute Gasteiger partial charge is 0.378 e.